The zero-order valence-corrected chi connectivity index (χ0v) is 29.1. The summed E-state index contributed by atoms with van der Waals surface area (Å²) in [6, 6.07) is 3.00. The molecule has 1 unspecified atom stereocenters. The number of carbonyl (C=O) groups excluding carboxylic acids is 1. The predicted molar refractivity (Wildman–Crippen MR) is 175 cm³/mol. The average Bonchev–Trinajstić information content (AvgIpc) is 3.54. The third-order valence-corrected chi connectivity index (χ3v) is 11.9. The number of hydrogen-bond donors (Lipinski definition) is 1. The molecule has 6 rings (SSSR count). The van der Waals surface area contributed by atoms with Crippen LogP contribution in [-0.4, -0.2) is 112 Å². The van der Waals surface area contributed by atoms with Gasteiger partial charge in [0.15, 0.2) is 29.8 Å². The van der Waals surface area contributed by atoms with Crippen molar-refractivity contribution in [3.8, 4) is 34.8 Å². The molecule has 4 aliphatic rings. The molecule has 1 N–H and O–H groups in total. The molecule has 1 saturated heterocycles. The highest BCUT2D eigenvalue weighted by Crippen LogP contribution is 2.63. The normalized spacial score (nSPS) is 26.6. The quantitative estimate of drug-likeness (QED) is 0.276. The Hall–Kier alpha value is -3.41. The molecular weight excluding hydrogens is 624 g/mol. The first-order valence-electron chi connectivity index (χ1n) is 15.8. The van der Waals surface area contributed by atoms with Crippen LogP contribution in [0.3, 0.4) is 0 Å². The lowest BCUT2D eigenvalue weighted by atomic mass is 9.71. The van der Waals surface area contributed by atoms with Crippen LogP contribution in [-0.2, 0) is 20.7 Å². The Labute approximate surface area is 280 Å². The molecule has 0 spiro atoms. The third kappa shape index (κ3) is 5.25. The van der Waals surface area contributed by atoms with Crippen molar-refractivity contribution in [1.82, 2.24) is 14.7 Å². The van der Waals surface area contributed by atoms with Crippen LogP contribution in [0.1, 0.15) is 57.6 Å². The van der Waals surface area contributed by atoms with Gasteiger partial charge in [0.25, 0.3) is 6.47 Å². The van der Waals surface area contributed by atoms with Gasteiger partial charge < -0.3 is 38.4 Å². The SMILES string of the molecule is COCOc1c(OC)c(C)cc2c1[C@H]1C3[C@H](SC[C@@H](C)N(C)C)c4c(O)c(C)c5c(c4[C@H](COC=O)N3[C@@H](C#N)[C@@H](C2)N1C)OCO5. The second kappa shape index (κ2) is 13.2. The Bertz CT molecular complexity index is 1580. The van der Waals surface area contributed by atoms with Gasteiger partial charge in [0.05, 0.1) is 30.5 Å². The van der Waals surface area contributed by atoms with Gasteiger partial charge in [-0.3, -0.25) is 14.6 Å². The predicted octanol–water partition coefficient (Wildman–Crippen LogP) is 3.86. The zero-order valence-electron chi connectivity index (χ0n) is 28.2. The van der Waals surface area contributed by atoms with Crippen LogP contribution in [0.2, 0.25) is 0 Å². The smallest absolute Gasteiger partial charge is 0.293 e. The number of benzene rings is 2. The Morgan fingerprint density at radius 3 is 2.60 bits per heavy atom. The monoisotopic (exact) mass is 668 g/mol. The molecular formula is C34H44N4O8S. The Morgan fingerprint density at radius 2 is 1.94 bits per heavy atom. The summed E-state index contributed by atoms with van der Waals surface area (Å²) < 4.78 is 35.1. The molecule has 4 heterocycles. The molecule has 2 bridgehead atoms. The number of hydrogen-bond acceptors (Lipinski definition) is 13. The molecule has 0 aliphatic carbocycles. The Morgan fingerprint density at radius 1 is 1.19 bits per heavy atom. The van der Waals surface area contributed by atoms with Crippen molar-refractivity contribution >= 4 is 18.2 Å². The second-order valence-electron chi connectivity index (χ2n) is 13.0. The van der Waals surface area contributed by atoms with Crippen molar-refractivity contribution in [1.29, 1.82) is 5.26 Å². The summed E-state index contributed by atoms with van der Waals surface area (Å²) >= 11 is 1.74. The number of aryl methyl sites for hydroxylation is 1. The highest BCUT2D eigenvalue weighted by molar-refractivity contribution is 7.99. The highest BCUT2D eigenvalue weighted by atomic mass is 32.2. The first kappa shape index (κ1) is 33.5. The minimum atomic E-state index is -0.592. The largest absolute Gasteiger partial charge is 0.507 e. The molecule has 0 saturated carbocycles. The summed E-state index contributed by atoms with van der Waals surface area (Å²) in [5, 5.41) is 22.7. The van der Waals surface area contributed by atoms with E-state index in [2.05, 4.69) is 54.9 Å². The van der Waals surface area contributed by atoms with E-state index in [0.717, 1.165) is 28.0 Å². The van der Waals surface area contributed by atoms with Crippen LogP contribution in [0.4, 0.5) is 0 Å². The number of methoxy groups -OCH3 is 2. The van der Waals surface area contributed by atoms with E-state index in [-0.39, 0.29) is 55.4 Å². The van der Waals surface area contributed by atoms with Crippen molar-refractivity contribution in [3.63, 3.8) is 0 Å². The van der Waals surface area contributed by atoms with E-state index in [1.54, 1.807) is 26.0 Å². The maximum absolute atomic E-state index is 12.1. The van der Waals surface area contributed by atoms with Crippen LogP contribution < -0.4 is 18.9 Å². The number of nitriles is 1. The van der Waals surface area contributed by atoms with Gasteiger partial charge in [-0.1, -0.05) is 6.07 Å². The molecule has 0 radical (unpaired) electrons. The van der Waals surface area contributed by atoms with E-state index < -0.39 is 12.1 Å². The molecule has 2 aromatic rings. The lowest BCUT2D eigenvalue weighted by Gasteiger charge is -2.61. The lowest BCUT2D eigenvalue weighted by molar-refractivity contribution is -0.134. The van der Waals surface area contributed by atoms with E-state index in [1.807, 2.05) is 13.8 Å². The number of ether oxygens (including phenoxy) is 6. The maximum Gasteiger partial charge on any atom is 0.293 e. The van der Waals surface area contributed by atoms with Crippen molar-refractivity contribution in [2.45, 2.75) is 68.7 Å². The fraction of sp³-hybridized carbons (Fsp3) is 0.588. The number of likely N-dealkylation sites (N-methyl/N-ethyl adjacent to an activating group) is 1. The number of carbonyl (C=O) groups is 1. The van der Waals surface area contributed by atoms with E-state index in [0.29, 0.717) is 47.0 Å². The number of phenolic OH excluding ortho intramolecular Hbond substituents is 1. The molecule has 7 atom stereocenters. The van der Waals surface area contributed by atoms with Crippen LogP contribution >= 0.6 is 11.8 Å². The van der Waals surface area contributed by atoms with Crippen LogP contribution in [0.15, 0.2) is 6.07 Å². The van der Waals surface area contributed by atoms with Crippen molar-refractivity contribution in [2.75, 3.05) is 61.3 Å². The minimum absolute atomic E-state index is 0.00854. The van der Waals surface area contributed by atoms with Crippen molar-refractivity contribution < 1.29 is 38.3 Å². The molecule has 1 fully saturated rings. The van der Waals surface area contributed by atoms with E-state index >= 15 is 0 Å². The summed E-state index contributed by atoms with van der Waals surface area (Å²) in [7, 11) is 9.38. The Kier molecular flexibility index (Phi) is 9.43. The van der Waals surface area contributed by atoms with Gasteiger partial charge in [-0.15, -0.1) is 0 Å². The molecule has 12 nitrogen and oxygen atoms in total. The number of nitrogens with zero attached hydrogens (tertiary/aromatic N) is 4. The molecule has 0 aromatic heterocycles. The van der Waals surface area contributed by atoms with Crippen molar-refractivity contribution in [3.05, 3.63) is 39.4 Å². The van der Waals surface area contributed by atoms with Gasteiger partial charge in [-0.25, -0.2) is 0 Å². The molecule has 4 aliphatic heterocycles. The lowest BCUT2D eigenvalue weighted by Crippen LogP contribution is -2.69. The summed E-state index contributed by atoms with van der Waals surface area (Å²) in [6.45, 7) is 6.43. The fourth-order valence-corrected chi connectivity index (χ4v) is 9.61. The number of phenols is 1. The first-order valence-corrected chi connectivity index (χ1v) is 16.8. The number of thioether (sulfide) groups is 1. The minimum Gasteiger partial charge on any atom is -0.507 e. The second-order valence-corrected chi connectivity index (χ2v) is 14.1. The summed E-state index contributed by atoms with van der Waals surface area (Å²) in [5.74, 6) is 3.12. The number of aromatic hydroxyl groups is 1. The number of rotatable bonds is 11. The molecule has 13 heteroatoms. The summed E-state index contributed by atoms with van der Waals surface area (Å²) in [5.41, 5.74) is 5.01. The van der Waals surface area contributed by atoms with E-state index in [4.69, 9.17) is 28.4 Å². The summed E-state index contributed by atoms with van der Waals surface area (Å²) in [4.78, 5) is 18.4. The first-order chi connectivity index (χ1) is 22.6. The van der Waals surface area contributed by atoms with Gasteiger partial charge in [0.2, 0.25) is 6.79 Å². The molecule has 254 valence electrons. The zero-order chi connectivity index (χ0) is 33.7. The van der Waals surface area contributed by atoms with Crippen LogP contribution in [0.25, 0.3) is 0 Å². The number of piperazine rings is 1. The topological polar surface area (TPSA) is 126 Å². The van der Waals surface area contributed by atoms with Gasteiger partial charge >= 0.3 is 0 Å². The third-order valence-electron chi connectivity index (χ3n) is 10.4. The highest BCUT2D eigenvalue weighted by Gasteiger charge is 2.60. The van der Waals surface area contributed by atoms with Crippen LogP contribution in [0, 0.1) is 25.2 Å². The Balaban J connectivity index is 1.66. The number of fused-ring (bicyclic) bond motifs is 9. The van der Waals surface area contributed by atoms with Crippen LogP contribution in [0.5, 0.6) is 28.7 Å². The fourth-order valence-electron chi connectivity index (χ4n) is 7.94. The standard InChI is InChI=1S/C34H44N4O8S/c1-17-9-20-10-21-22(11-35)38-23(12-43-14-39)25-26(29(40)19(3)31-33(25)46-16-45-31)34(47-13-18(2)36(4)5)28(38)27(37(21)6)24(20)32(30(17)42-8)44-15-41-7/h9,14,18,21-23,27-28,34,40H,10,12-13,15-16H2,1-8H3/t18-,21-,22+,23+,27+,28?,34-/m1/s1. The van der Waals surface area contributed by atoms with Gasteiger partial charge in [0, 0.05) is 53.2 Å². The van der Waals surface area contributed by atoms with Gasteiger partial charge in [-0.05, 0) is 59.5 Å². The molecule has 47 heavy (non-hydrogen) atoms. The molecule has 0 amide bonds. The maximum atomic E-state index is 12.1. The van der Waals surface area contributed by atoms with E-state index in [1.165, 1.54) is 0 Å². The van der Waals surface area contributed by atoms with Crippen molar-refractivity contribution in [2.24, 2.45) is 0 Å². The molecule has 2 aromatic carbocycles. The summed E-state index contributed by atoms with van der Waals surface area (Å²) in [6.07, 6.45) is 0.596. The van der Waals surface area contributed by atoms with E-state index in [9.17, 15) is 15.2 Å². The van der Waals surface area contributed by atoms with Gasteiger partial charge in [0.1, 0.15) is 18.4 Å². The average molecular weight is 669 g/mol. The van der Waals surface area contributed by atoms with Gasteiger partial charge in [-0.2, -0.15) is 17.0 Å².